The molecule has 1 amide bonds. The third kappa shape index (κ3) is 4.12. The Labute approximate surface area is 112 Å². The first-order valence-electron chi connectivity index (χ1n) is 4.40. The summed E-state index contributed by atoms with van der Waals surface area (Å²) in [7, 11) is 0. The lowest BCUT2D eigenvalue weighted by Crippen LogP contribution is -2.20. The van der Waals surface area contributed by atoms with Crippen LogP contribution in [0.3, 0.4) is 0 Å². The fourth-order valence-electron chi connectivity index (χ4n) is 0.891. The molecule has 0 unspecified atom stereocenters. The van der Waals surface area contributed by atoms with Crippen LogP contribution in [0.2, 0.25) is 0 Å². The summed E-state index contributed by atoms with van der Waals surface area (Å²) in [6.45, 7) is 0. The lowest BCUT2D eigenvalue weighted by atomic mass is 10.2. The highest BCUT2D eigenvalue weighted by molar-refractivity contribution is 9.10. The van der Waals surface area contributed by atoms with E-state index in [4.69, 9.17) is 23.2 Å². The highest BCUT2D eigenvalue weighted by atomic mass is 79.9. The normalized spacial score (nSPS) is 9.69. The van der Waals surface area contributed by atoms with Gasteiger partial charge in [-0.15, -0.1) is 23.2 Å². The van der Waals surface area contributed by atoms with E-state index in [2.05, 4.69) is 26.5 Å². The summed E-state index contributed by atoms with van der Waals surface area (Å²) in [5.74, 6) is 0.106. The van der Waals surface area contributed by atoms with Crippen molar-refractivity contribution < 1.29 is 4.79 Å². The van der Waals surface area contributed by atoms with Crippen molar-refractivity contribution in [2.75, 3.05) is 11.8 Å². The summed E-state index contributed by atoms with van der Waals surface area (Å²) in [4.78, 5) is 11.6. The van der Waals surface area contributed by atoms with Crippen molar-refractivity contribution in [2.24, 2.45) is 5.10 Å². The van der Waals surface area contributed by atoms with E-state index in [9.17, 15) is 4.79 Å². The van der Waals surface area contributed by atoms with Crippen LogP contribution in [0.5, 0.6) is 0 Å². The van der Waals surface area contributed by atoms with Gasteiger partial charge in [-0.2, -0.15) is 5.10 Å². The summed E-state index contributed by atoms with van der Waals surface area (Å²) in [6.07, 6.45) is 0. The van der Waals surface area contributed by atoms with Gasteiger partial charge in [-0.3, -0.25) is 4.79 Å². The molecule has 0 bridgehead atoms. The largest absolute Gasteiger partial charge is 0.271 e. The second-order valence-corrected chi connectivity index (χ2v) is 4.34. The van der Waals surface area contributed by atoms with Gasteiger partial charge in [0.05, 0.1) is 17.5 Å². The van der Waals surface area contributed by atoms with Gasteiger partial charge >= 0.3 is 0 Å². The Morgan fingerprint density at radius 2 is 1.81 bits per heavy atom. The zero-order chi connectivity index (χ0) is 12.0. The number of amides is 1. The number of alkyl halides is 2. The molecule has 1 aromatic carbocycles. The summed E-state index contributed by atoms with van der Waals surface area (Å²) in [5, 5.41) is 3.80. The molecule has 1 N–H and O–H groups in total. The van der Waals surface area contributed by atoms with E-state index >= 15 is 0 Å². The number of hydrazone groups is 1. The maximum absolute atomic E-state index is 11.6. The van der Waals surface area contributed by atoms with Gasteiger partial charge < -0.3 is 0 Å². The molecule has 0 heterocycles. The van der Waals surface area contributed by atoms with E-state index in [0.717, 1.165) is 4.47 Å². The molecule has 0 fully saturated rings. The van der Waals surface area contributed by atoms with E-state index in [0.29, 0.717) is 11.3 Å². The number of halogens is 3. The average molecular weight is 324 g/mol. The van der Waals surface area contributed by atoms with Crippen LogP contribution in [0.15, 0.2) is 33.8 Å². The number of nitrogens with zero attached hydrogens (tertiary/aromatic N) is 1. The second-order valence-electron chi connectivity index (χ2n) is 2.89. The number of carbonyl (C=O) groups excluding carboxylic acids is 1. The number of rotatable bonds is 4. The van der Waals surface area contributed by atoms with Crippen LogP contribution in [0.25, 0.3) is 0 Å². The fourth-order valence-corrected chi connectivity index (χ4v) is 1.56. The van der Waals surface area contributed by atoms with E-state index in [1.54, 1.807) is 24.3 Å². The van der Waals surface area contributed by atoms with Crippen molar-refractivity contribution >= 4 is 50.8 Å². The van der Waals surface area contributed by atoms with E-state index in [1.165, 1.54) is 0 Å². The van der Waals surface area contributed by atoms with Crippen molar-refractivity contribution in [1.29, 1.82) is 0 Å². The standard InChI is InChI=1S/C10H9BrCl2N2O/c11-8-3-1-7(2-4-8)10(16)15-14-9(5-12)6-13/h1-4H,5-6H2,(H,15,16). The Morgan fingerprint density at radius 3 is 2.31 bits per heavy atom. The first-order valence-corrected chi connectivity index (χ1v) is 6.27. The van der Waals surface area contributed by atoms with Crippen LogP contribution in [0.1, 0.15) is 10.4 Å². The molecule has 1 aromatic rings. The van der Waals surface area contributed by atoms with Gasteiger partial charge in [0.25, 0.3) is 5.91 Å². The lowest BCUT2D eigenvalue weighted by Gasteiger charge is -2.01. The topological polar surface area (TPSA) is 41.5 Å². The fraction of sp³-hybridized carbons (Fsp3) is 0.200. The van der Waals surface area contributed by atoms with Crippen LogP contribution in [0.4, 0.5) is 0 Å². The number of benzene rings is 1. The van der Waals surface area contributed by atoms with Crippen molar-refractivity contribution in [3.8, 4) is 0 Å². The quantitative estimate of drug-likeness (QED) is 0.516. The first kappa shape index (κ1) is 13.5. The molecule has 0 saturated heterocycles. The zero-order valence-corrected chi connectivity index (χ0v) is 11.3. The summed E-state index contributed by atoms with van der Waals surface area (Å²) >= 11 is 14.4. The minimum atomic E-state index is -0.291. The maximum Gasteiger partial charge on any atom is 0.271 e. The van der Waals surface area contributed by atoms with Crippen molar-refractivity contribution in [1.82, 2.24) is 5.43 Å². The Hall–Kier alpha value is -0.580. The summed E-state index contributed by atoms with van der Waals surface area (Å²) < 4.78 is 0.912. The average Bonchev–Trinajstić information content (AvgIpc) is 2.31. The Balaban J connectivity index is 2.66. The predicted molar refractivity (Wildman–Crippen MR) is 70.5 cm³/mol. The molecule has 16 heavy (non-hydrogen) atoms. The first-order chi connectivity index (χ1) is 7.67. The minimum absolute atomic E-state index is 0.199. The molecule has 3 nitrogen and oxygen atoms in total. The molecule has 0 saturated carbocycles. The van der Waals surface area contributed by atoms with Gasteiger partial charge in [0, 0.05) is 10.0 Å². The second kappa shape index (κ2) is 6.89. The third-order valence-corrected chi connectivity index (χ3v) is 2.88. The smallest absolute Gasteiger partial charge is 0.267 e. The molecule has 0 spiro atoms. The Bertz CT molecular complexity index is 386. The van der Waals surface area contributed by atoms with E-state index in [1.807, 2.05) is 0 Å². The Kier molecular flexibility index (Phi) is 5.80. The third-order valence-electron chi connectivity index (χ3n) is 1.73. The van der Waals surface area contributed by atoms with Gasteiger partial charge in [0.2, 0.25) is 0 Å². The lowest BCUT2D eigenvalue weighted by molar-refractivity contribution is 0.0955. The monoisotopic (exact) mass is 322 g/mol. The van der Waals surface area contributed by atoms with E-state index < -0.39 is 0 Å². The van der Waals surface area contributed by atoms with Crippen LogP contribution < -0.4 is 5.43 Å². The van der Waals surface area contributed by atoms with Crippen molar-refractivity contribution in [2.45, 2.75) is 0 Å². The molecule has 0 aromatic heterocycles. The zero-order valence-electron chi connectivity index (χ0n) is 8.21. The van der Waals surface area contributed by atoms with Crippen LogP contribution in [-0.2, 0) is 0 Å². The number of nitrogens with one attached hydrogen (secondary N) is 1. The van der Waals surface area contributed by atoms with Gasteiger partial charge in [-0.25, -0.2) is 5.43 Å². The molecule has 86 valence electrons. The van der Waals surface area contributed by atoms with Crippen LogP contribution >= 0.6 is 39.1 Å². The molecule has 0 atom stereocenters. The predicted octanol–water partition coefficient (Wildman–Crippen LogP) is 3.01. The molecular weight excluding hydrogens is 315 g/mol. The van der Waals surface area contributed by atoms with Gasteiger partial charge in [0.15, 0.2) is 0 Å². The molecule has 6 heteroatoms. The molecule has 0 aliphatic heterocycles. The van der Waals surface area contributed by atoms with Crippen molar-refractivity contribution in [3.63, 3.8) is 0 Å². The van der Waals surface area contributed by atoms with Crippen LogP contribution in [-0.4, -0.2) is 23.4 Å². The summed E-state index contributed by atoms with van der Waals surface area (Å²) in [5.41, 5.74) is 3.43. The highest BCUT2D eigenvalue weighted by Gasteiger charge is 2.04. The number of carbonyl (C=O) groups is 1. The van der Waals surface area contributed by atoms with Gasteiger partial charge in [0.1, 0.15) is 0 Å². The van der Waals surface area contributed by atoms with Crippen LogP contribution in [0, 0.1) is 0 Å². The highest BCUT2D eigenvalue weighted by Crippen LogP contribution is 2.10. The van der Waals surface area contributed by atoms with E-state index in [-0.39, 0.29) is 17.7 Å². The van der Waals surface area contributed by atoms with Crippen molar-refractivity contribution in [3.05, 3.63) is 34.3 Å². The number of hydrogen-bond donors (Lipinski definition) is 1. The maximum atomic E-state index is 11.6. The summed E-state index contributed by atoms with van der Waals surface area (Å²) in [6, 6.07) is 6.94. The molecule has 0 aliphatic rings. The molecule has 0 aliphatic carbocycles. The molecule has 1 rings (SSSR count). The SMILES string of the molecule is O=C(NN=C(CCl)CCl)c1ccc(Br)cc1. The van der Waals surface area contributed by atoms with Gasteiger partial charge in [-0.05, 0) is 24.3 Å². The molecular formula is C10H9BrCl2N2O. The number of hydrogen-bond acceptors (Lipinski definition) is 2. The molecule has 0 radical (unpaired) electrons. The van der Waals surface area contributed by atoms with Gasteiger partial charge in [-0.1, -0.05) is 15.9 Å². The minimum Gasteiger partial charge on any atom is -0.267 e. The Morgan fingerprint density at radius 1 is 1.25 bits per heavy atom.